The predicted octanol–water partition coefficient (Wildman–Crippen LogP) is 0.861. The number of benzene rings is 1. The molecule has 1 amide bonds. The van der Waals surface area contributed by atoms with E-state index in [1.807, 2.05) is 6.92 Å². The zero-order valence-corrected chi connectivity index (χ0v) is 11.3. The molecule has 0 heterocycles. The number of carbonyl (C=O) groups excluding carboxylic acids is 1. The van der Waals surface area contributed by atoms with Crippen LogP contribution in [0.15, 0.2) is 18.2 Å². The highest BCUT2D eigenvalue weighted by Crippen LogP contribution is 2.18. The second-order valence-electron chi connectivity index (χ2n) is 4.13. The number of carbonyl (C=O) groups is 1. The average molecular weight is 270 g/mol. The first-order valence-electron chi connectivity index (χ1n) is 5.60. The fourth-order valence-electron chi connectivity index (χ4n) is 1.39. The lowest BCUT2D eigenvalue weighted by molar-refractivity contribution is 0.0954. The normalized spacial score (nSPS) is 13.9. The van der Waals surface area contributed by atoms with E-state index in [0.29, 0.717) is 18.7 Å². The summed E-state index contributed by atoms with van der Waals surface area (Å²) >= 11 is 0. The Hall–Kier alpha value is -1.56. The molecule has 18 heavy (non-hydrogen) atoms. The molecule has 6 heteroatoms. The predicted molar refractivity (Wildman–Crippen MR) is 73.0 cm³/mol. The minimum absolute atomic E-state index is 0.00243. The third kappa shape index (κ3) is 4.03. The summed E-state index contributed by atoms with van der Waals surface area (Å²) in [6.45, 7) is 2.29. The van der Waals surface area contributed by atoms with Crippen LogP contribution < -0.4 is 11.1 Å². The van der Waals surface area contributed by atoms with Crippen molar-refractivity contribution in [3.05, 3.63) is 23.8 Å². The number of rotatable bonds is 5. The van der Waals surface area contributed by atoms with Crippen molar-refractivity contribution in [3.8, 4) is 5.75 Å². The highest BCUT2D eigenvalue weighted by atomic mass is 32.2. The van der Waals surface area contributed by atoms with E-state index in [1.54, 1.807) is 6.26 Å². The number of anilines is 1. The van der Waals surface area contributed by atoms with Crippen molar-refractivity contribution in [2.75, 3.05) is 18.5 Å². The van der Waals surface area contributed by atoms with Gasteiger partial charge in [-0.3, -0.25) is 9.00 Å². The van der Waals surface area contributed by atoms with E-state index in [1.165, 1.54) is 18.2 Å². The molecule has 100 valence electrons. The number of phenols is 1. The molecule has 0 saturated heterocycles. The molecule has 0 spiro atoms. The SMILES string of the molecule is CC(CCNC(=O)c1cc(O)ccc1N)S(C)=O. The molecule has 1 aromatic rings. The highest BCUT2D eigenvalue weighted by Gasteiger charge is 2.11. The molecule has 0 radical (unpaired) electrons. The van der Waals surface area contributed by atoms with Crippen LogP contribution in [0.4, 0.5) is 5.69 Å². The zero-order chi connectivity index (χ0) is 13.7. The standard InChI is InChI=1S/C12H18N2O3S/c1-8(18(2)17)5-6-14-12(16)10-7-9(15)3-4-11(10)13/h3-4,7-8,15H,5-6,13H2,1-2H3,(H,14,16). The van der Waals surface area contributed by atoms with Crippen molar-refractivity contribution < 1.29 is 14.1 Å². The van der Waals surface area contributed by atoms with E-state index in [9.17, 15) is 14.1 Å². The summed E-state index contributed by atoms with van der Waals surface area (Å²) < 4.78 is 11.1. The van der Waals surface area contributed by atoms with Gasteiger partial charge in [0.25, 0.3) is 5.91 Å². The largest absolute Gasteiger partial charge is 0.508 e. The first kappa shape index (κ1) is 14.5. The van der Waals surface area contributed by atoms with Crippen LogP contribution in [0.5, 0.6) is 5.75 Å². The molecule has 2 atom stereocenters. The third-order valence-corrected chi connectivity index (χ3v) is 4.05. The molecule has 0 aromatic heterocycles. The van der Waals surface area contributed by atoms with Crippen LogP contribution in [0.2, 0.25) is 0 Å². The summed E-state index contributed by atoms with van der Waals surface area (Å²) in [5, 5.41) is 12.0. The van der Waals surface area contributed by atoms with Crippen LogP contribution in [0.3, 0.4) is 0 Å². The third-order valence-electron chi connectivity index (χ3n) is 2.68. The molecule has 4 N–H and O–H groups in total. The summed E-state index contributed by atoms with van der Waals surface area (Å²) in [5.41, 5.74) is 6.22. The quantitative estimate of drug-likeness (QED) is 0.546. The molecule has 1 aromatic carbocycles. The molecule has 2 unspecified atom stereocenters. The van der Waals surface area contributed by atoms with Gasteiger partial charge in [-0.2, -0.15) is 0 Å². The van der Waals surface area contributed by atoms with Crippen LogP contribution in [-0.4, -0.2) is 33.3 Å². The average Bonchev–Trinajstić information content (AvgIpc) is 2.31. The van der Waals surface area contributed by atoms with Crippen LogP contribution in [0, 0.1) is 0 Å². The van der Waals surface area contributed by atoms with Gasteiger partial charge in [0.05, 0.1) is 5.56 Å². The highest BCUT2D eigenvalue weighted by molar-refractivity contribution is 7.84. The summed E-state index contributed by atoms with van der Waals surface area (Å²) in [6, 6.07) is 4.23. The lowest BCUT2D eigenvalue weighted by Gasteiger charge is -2.10. The Balaban J connectivity index is 2.55. The second kappa shape index (κ2) is 6.39. The topological polar surface area (TPSA) is 92.4 Å². The summed E-state index contributed by atoms with van der Waals surface area (Å²) in [5.74, 6) is -0.338. The van der Waals surface area contributed by atoms with Gasteiger partial charge >= 0.3 is 0 Å². The number of hydrogen-bond acceptors (Lipinski definition) is 4. The van der Waals surface area contributed by atoms with Crippen molar-refractivity contribution >= 4 is 22.4 Å². The molecule has 0 bridgehead atoms. The zero-order valence-electron chi connectivity index (χ0n) is 10.5. The number of nitrogens with two attached hydrogens (primary N) is 1. The lowest BCUT2D eigenvalue weighted by atomic mass is 10.1. The Morgan fingerprint density at radius 2 is 2.22 bits per heavy atom. The summed E-state index contributed by atoms with van der Waals surface area (Å²) in [7, 11) is -0.894. The Morgan fingerprint density at radius 3 is 2.83 bits per heavy atom. The summed E-state index contributed by atoms with van der Waals surface area (Å²) in [4.78, 5) is 11.8. The first-order valence-corrected chi connectivity index (χ1v) is 7.23. The van der Waals surface area contributed by atoms with Crippen LogP contribution in [-0.2, 0) is 10.8 Å². The van der Waals surface area contributed by atoms with Gasteiger partial charge in [-0.25, -0.2) is 0 Å². The number of nitrogen functional groups attached to an aromatic ring is 1. The Kier molecular flexibility index (Phi) is 5.15. The maximum absolute atomic E-state index is 11.8. The van der Waals surface area contributed by atoms with E-state index in [0.717, 1.165) is 0 Å². The fourth-order valence-corrected chi connectivity index (χ4v) is 1.84. The van der Waals surface area contributed by atoms with Crippen LogP contribution in [0.25, 0.3) is 0 Å². The molecule has 0 aliphatic carbocycles. The minimum atomic E-state index is -0.894. The number of phenolic OH excluding ortho intramolecular Hbond substituents is 1. The molecule has 0 aliphatic heterocycles. The molecule has 0 saturated carbocycles. The Labute approximate surface area is 109 Å². The second-order valence-corrected chi connectivity index (χ2v) is 5.93. The van der Waals surface area contributed by atoms with E-state index >= 15 is 0 Å². The number of nitrogens with one attached hydrogen (secondary N) is 1. The monoisotopic (exact) mass is 270 g/mol. The maximum Gasteiger partial charge on any atom is 0.253 e. The van der Waals surface area contributed by atoms with Crippen molar-refractivity contribution in [1.82, 2.24) is 5.32 Å². The smallest absolute Gasteiger partial charge is 0.253 e. The van der Waals surface area contributed by atoms with Gasteiger partial charge in [0, 0.05) is 34.5 Å². The number of aromatic hydroxyl groups is 1. The number of hydrogen-bond donors (Lipinski definition) is 3. The molecular formula is C12H18N2O3S. The first-order chi connectivity index (χ1) is 8.41. The maximum atomic E-state index is 11.8. The van der Waals surface area contributed by atoms with E-state index in [2.05, 4.69) is 5.32 Å². The van der Waals surface area contributed by atoms with Gasteiger partial charge in [0.1, 0.15) is 5.75 Å². The van der Waals surface area contributed by atoms with Gasteiger partial charge in [-0.15, -0.1) is 0 Å². The molecule has 5 nitrogen and oxygen atoms in total. The van der Waals surface area contributed by atoms with Crippen molar-refractivity contribution in [1.29, 1.82) is 0 Å². The molecular weight excluding hydrogens is 252 g/mol. The fraction of sp³-hybridized carbons (Fsp3) is 0.417. The number of amides is 1. The molecule has 0 aliphatic rings. The van der Waals surface area contributed by atoms with E-state index in [-0.39, 0.29) is 22.5 Å². The Bertz CT molecular complexity index is 463. The van der Waals surface area contributed by atoms with E-state index < -0.39 is 10.8 Å². The van der Waals surface area contributed by atoms with Crippen LogP contribution in [0.1, 0.15) is 23.7 Å². The van der Waals surface area contributed by atoms with Crippen molar-refractivity contribution in [2.45, 2.75) is 18.6 Å². The van der Waals surface area contributed by atoms with Gasteiger partial charge in [-0.05, 0) is 24.6 Å². The van der Waals surface area contributed by atoms with E-state index in [4.69, 9.17) is 5.73 Å². The van der Waals surface area contributed by atoms with Crippen molar-refractivity contribution in [3.63, 3.8) is 0 Å². The van der Waals surface area contributed by atoms with Crippen molar-refractivity contribution in [2.24, 2.45) is 0 Å². The Morgan fingerprint density at radius 1 is 1.56 bits per heavy atom. The van der Waals surface area contributed by atoms with Gasteiger partial charge in [-0.1, -0.05) is 6.92 Å². The lowest BCUT2D eigenvalue weighted by Crippen LogP contribution is -2.28. The van der Waals surface area contributed by atoms with Gasteiger partial charge in [0.2, 0.25) is 0 Å². The molecule has 0 fully saturated rings. The minimum Gasteiger partial charge on any atom is -0.508 e. The van der Waals surface area contributed by atoms with Crippen LogP contribution >= 0.6 is 0 Å². The summed E-state index contributed by atoms with van der Waals surface area (Å²) in [6.07, 6.45) is 2.27. The van der Waals surface area contributed by atoms with Gasteiger partial charge < -0.3 is 16.2 Å². The molecule has 1 rings (SSSR count). The van der Waals surface area contributed by atoms with Gasteiger partial charge in [0.15, 0.2) is 0 Å².